The molecule has 2 aliphatic rings. The lowest BCUT2D eigenvalue weighted by molar-refractivity contribution is -0.113. The average Bonchev–Trinajstić information content (AvgIpc) is 2.47. The van der Waals surface area contributed by atoms with Crippen LogP contribution in [-0.2, 0) is 4.79 Å². The minimum atomic E-state index is -0.0375. The summed E-state index contributed by atoms with van der Waals surface area (Å²) in [4.78, 5) is 24.7. The number of fused-ring (bicyclic) bond motifs is 1. The molecule has 0 unspecified atom stereocenters. The fourth-order valence-electron chi connectivity index (χ4n) is 2.74. The van der Waals surface area contributed by atoms with E-state index in [0.717, 1.165) is 23.4 Å². The highest BCUT2D eigenvalue weighted by atomic mass is 32.2. The fraction of sp³-hybridized carbons (Fsp3) is 0.467. The van der Waals surface area contributed by atoms with Crippen LogP contribution >= 0.6 is 11.8 Å². The third-order valence-corrected chi connectivity index (χ3v) is 4.89. The minimum absolute atomic E-state index is 0.00709. The Hall–Kier alpha value is -1.49. The summed E-state index contributed by atoms with van der Waals surface area (Å²) >= 11 is 1.51. The maximum Gasteiger partial charge on any atom is 0.251 e. The van der Waals surface area contributed by atoms with Gasteiger partial charge >= 0.3 is 0 Å². The molecule has 3 rings (SSSR count). The summed E-state index contributed by atoms with van der Waals surface area (Å²) in [5, 5.41) is 5.91. The van der Waals surface area contributed by atoms with Crippen LogP contribution in [0.25, 0.3) is 0 Å². The highest BCUT2D eigenvalue weighted by Crippen LogP contribution is 2.32. The Morgan fingerprint density at radius 2 is 2.05 bits per heavy atom. The average molecular weight is 290 g/mol. The number of rotatable bonds is 2. The molecule has 2 N–H and O–H groups in total. The van der Waals surface area contributed by atoms with Crippen LogP contribution < -0.4 is 10.6 Å². The molecular weight excluding hydrogens is 272 g/mol. The number of carbonyl (C=O) groups excluding carboxylic acids is 2. The van der Waals surface area contributed by atoms with E-state index < -0.39 is 0 Å². The summed E-state index contributed by atoms with van der Waals surface area (Å²) in [6, 6.07) is 5.82. The van der Waals surface area contributed by atoms with E-state index in [2.05, 4.69) is 10.6 Å². The molecule has 0 atom stereocenters. The second-order valence-electron chi connectivity index (χ2n) is 5.36. The van der Waals surface area contributed by atoms with E-state index in [1.807, 2.05) is 12.1 Å². The van der Waals surface area contributed by atoms with Crippen molar-refractivity contribution >= 4 is 29.3 Å². The van der Waals surface area contributed by atoms with Gasteiger partial charge in [-0.2, -0.15) is 0 Å². The van der Waals surface area contributed by atoms with Gasteiger partial charge in [-0.15, -0.1) is 11.8 Å². The van der Waals surface area contributed by atoms with E-state index in [1.54, 1.807) is 6.07 Å². The highest BCUT2D eigenvalue weighted by Gasteiger charge is 2.19. The second kappa shape index (κ2) is 5.87. The number of anilines is 1. The summed E-state index contributed by atoms with van der Waals surface area (Å²) in [6.07, 6.45) is 5.81. The van der Waals surface area contributed by atoms with Crippen molar-refractivity contribution in [3.63, 3.8) is 0 Å². The SMILES string of the molecule is O=C1CSc2ccc(C(=O)NC3CCCCC3)cc2N1. The van der Waals surface area contributed by atoms with Crippen LogP contribution in [-0.4, -0.2) is 23.6 Å². The van der Waals surface area contributed by atoms with Crippen molar-refractivity contribution in [3.8, 4) is 0 Å². The van der Waals surface area contributed by atoms with Crippen LogP contribution in [0, 0.1) is 0 Å². The van der Waals surface area contributed by atoms with Gasteiger partial charge in [0.05, 0.1) is 11.4 Å². The molecule has 1 aromatic carbocycles. The summed E-state index contributed by atoms with van der Waals surface area (Å²) < 4.78 is 0. The lowest BCUT2D eigenvalue weighted by Crippen LogP contribution is -2.36. The maximum atomic E-state index is 12.2. The Morgan fingerprint density at radius 1 is 1.25 bits per heavy atom. The van der Waals surface area contributed by atoms with Crippen LogP contribution in [0.2, 0.25) is 0 Å². The van der Waals surface area contributed by atoms with Crippen LogP contribution in [0.1, 0.15) is 42.5 Å². The van der Waals surface area contributed by atoms with Crippen LogP contribution in [0.15, 0.2) is 23.1 Å². The van der Waals surface area contributed by atoms with Gasteiger partial charge in [-0.05, 0) is 31.0 Å². The molecule has 4 nitrogen and oxygen atoms in total. The van der Waals surface area contributed by atoms with Crippen LogP contribution in [0.5, 0.6) is 0 Å². The van der Waals surface area contributed by atoms with Gasteiger partial charge < -0.3 is 10.6 Å². The van der Waals surface area contributed by atoms with Crippen molar-refractivity contribution in [1.82, 2.24) is 5.32 Å². The Bertz CT molecular complexity index is 539. The third-order valence-electron chi connectivity index (χ3n) is 3.81. The van der Waals surface area contributed by atoms with Gasteiger partial charge in [-0.1, -0.05) is 19.3 Å². The van der Waals surface area contributed by atoms with E-state index >= 15 is 0 Å². The molecule has 1 fully saturated rings. The second-order valence-corrected chi connectivity index (χ2v) is 6.37. The van der Waals surface area contributed by atoms with Gasteiger partial charge in [-0.25, -0.2) is 0 Å². The summed E-state index contributed by atoms with van der Waals surface area (Å²) in [5.74, 6) is 0.400. The lowest BCUT2D eigenvalue weighted by Gasteiger charge is -2.23. The Balaban J connectivity index is 1.71. The molecule has 1 aromatic rings. The first kappa shape index (κ1) is 13.5. The first-order chi connectivity index (χ1) is 9.72. The molecule has 106 valence electrons. The van der Waals surface area contributed by atoms with E-state index in [9.17, 15) is 9.59 Å². The number of benzene rings is 1. The molecule has 1 aliphatic heterocycles. The zero-order valence-electron chi connectivity index (χ0n) is 11.3. The molecule has 1 saturated carbocycles. The Labute approximate surface area is 122 Å². The summed E-state index contributed by atoms with van der Waals surface area (Å²) in [5.41, 5.74) is 1.37. The Kier molecular flexibility index (Phi) is 3.96. The largest absolute Gasteiger partial charge is 0.349 e. The smallest absolute Gasteiger partial charge is 0.251 e. The van der Waals surface area contributed by atoms with Gasteiger partial charge in [0, 0.05) is 16.5 Å². The Morgan fingerprint density at radius 3 is 2.85 bits per heavy atom. The van der Waals surface area contributed by atoms with Crippen molar-refractivity contribution in [1.29, 1.82) is 0 Å². The van der Waals surface area contributed by atoms with Crippen molar-refractivity contribution in [2.24, 2.45) is 0 Å². The minimum Gasteiger partial charge on any atom is -0.349 e. The molecule has 0 aromatic heterocycles. The number of carbonyl (C=O) groups is 2. The third kappa shape index (κ3) is 2.98. The summed E-state index contributed by atoms with van der Waals surface area (Å²) in [6.45, 7) is 0. The van der Waals surface area contributed by atoms with Crippen molar-refractivity contribution in [2.75, 3.05) is 11.1 Å². The van der Waals surface area contributed by atoms with E-state index in [0.29, 0.717) is 17.4 Å². The molecule has 0 radical (unpaired) electrons. The fourth-order valence-corrected chi connectivity index (χ4v) is 3.53. The van der Waals surface area contributed by atoms with Crippen molar-refractivity contribution in [2.45, 2.75) is 43.0 Å². The molecule has 20 heavy (non-hydrogen) atoms. The zero-order valence-corrected chi connectivity index (χ0v) is 12.1. The zero-order chi connectivity index (χ0) is 13.9. The van der Waals surface area contributed by atoms with Gasteiger partial charge in [0.2, 0.25) is 5.91 Å². The highest BCUT2D eigenvalue weighted by molar-refractivity contribution is 8.00. The quantitative estimate of drug-likeness (QED) is 0.880. The first-order valence-corrected chi connectivity index (χ1v) is 8.08. The van der Waals surface area contributed by atoms with Crippen LogP contribution in [0.3, 0.4) is 0 Å². The van der Waals surface area contributed by atoms with E-state index in [4.69, 9.17) is 0 Å². The molecule has 0 spiro atoms. The van der Waals surface area contributed by atoms with E-state index in [1.165, 1.54) is 31.0 Å². The van der Waals surface area contributed by atoms with Crippen LogP contribution in [0.4, 0.5) is 5.69 Å². The number of thioether (sulfide) groups is 1. The lowest BCUT2D eigenvalue weighted by atomic mass is 9.95. The molecule has 0 saturated heterocycles. The normalized spacial score (nSPS) is 19.1. The number of hydrogen-bond acceptors (Lipinski definition) is 3. The summed E-state index contributed by atoms with van der Waals surface area (Å²) in [7, 11) is 0. The predicted octanol–water partition coefficient (Wildman–Crippen LogP) is 2.79. The molecule has 1 aliphatic carbocycles. The molecule has 2 amide bonds. The molecule has 1 heterocycles. The topological polar surface area (TPSA) is 58.2 Å². The first-order valence-electron chi connectivity index (χ1n) is 7.10. The monoisotopic (exact) mass is 290 g/mol. The van der Waals surface area contributed by atoms with E-state index in [-0.39, 0.29) is 11.8 Å². The van der Waals surface area contributed by atoms with Gasteiger partial charge in [0.1, 0.15) is 0 Å². The number of nitrogens with one attached hydrogen (secondary N) is 2. The maximum absolute atomic E-state index is 12.2. The van der Waals surface area contributed by atoms with Crippen molar-refractivity contribution < 1.29 is 9.59 Å². The molecule has 0 bridgehead atoms. The van der Waals surface area contributed by atoms with Gasteiger partial charge in [0.25, 0.3) is 5.91 Å². The standard InChI is InChI=1S/C15H18N2O2S/c18-14-9-20-13-7-6-10(8-12(13)17-14)15(19)16-11-4-2-1-3-5-11/h6-8,11H,1-5,9H2,(H,16,19)(H,17,18). The van der Waals surface area contributed by atoms with Crippen molar-refractivity contribution in [3.05, 3.63) is 23.8 Å². The number of hydrogen-bond donors (Lipinski definition) is 2. The van der Waals surface area contributed by atoms with Gasteiger partial charge in [-0.3, -0.25) is 9.59 Å². The number of amides is 2. The predicted molar refractivity (Wildman–Crippen MR) is 80.1 cm³/mol. The molecular formula is C15H18N2O2S. The van der Waals surface area contributed by atoms with Gasteiger partial charge in [0.15, 0.2) is 0 Å². The molecule has 5 heteroatoms.